The third kappa shape index (κ3) is 4.34. The van der Waals surface area contributed by atoms with Gasteiger partial charge in [0.2, 0.25) is 5.91 Å². The van der Waals surface area contributed by atoms with E-state index in [0.717, 1.165) is 0 Å². The molecule has 6 nitrogen and oxygen atoms in total. The predicted molar refractivity (Wildman–Crippen MR) is 91.4 cm³/mol. The van der Waals surface area contributed by atoms with Gasteiger partial charge in [-0.05, 0) is 12.1 Å². The molecule has 0 aromatic heterocycles. The number of amides is 2. The molecule has 2 amide bonds. The van der Waals surface area contributed by atoms with Crippen LogP contribution >= 0.6 is 0 Å². The fourth-order valence-corrected chi connectivity index (χ4v) is 2.56. The Hall–Kier alpha value is -2.37. The summed E-state index contributed by atoms with van der Waals surface area (Å²) in [6.45, 7) is 9.56. The number of rotatable bonds is 2. The lowest BCUT2D eigenvalue weighted by Gasteiger charge is -2.46. The lowest BCUT2D eigenvalue weighted by molar-refractivity contribution is -0.151. The van der Waals surface area contributed by atoms with Crippen LogP contribution in [0.5, 0.6) is 0 Å². The van der Waals surface area contributed by atoms with E-state index >= 15 is 0 Å². The summed E-state index contributed by atoms with van der Waals surface area (Å²) in [5, 5.41) is 12.2. The minimum absolute atomic E-state index is 0.236. The Morgan fingerprint density at radius 2 is 1.71 bits per heavy atom. The molecule has 2 unspecified atom stereocenters. The van der Waals surface area contributed by atoms with E-state index in [4.69, 9.17) is 0 Å². The molecule has 1 aliphatic rings. The number of hydrogen-bond acceptors (Lipinski definition) is 3. The number of carboxylic acids is 1. The summed E-state index contributed by atoms with van der Waals surface area (Å²) in [6, 6.07) is 7.33. The van der Waals surface area contributed by atoms with Gasteiger partial charge in [-0.2, -0.15) is 0 Å². The predicted octanol–water partition coefficient (Wildman–Crippen LogP) is 2.50. The molecule has 6 heteroatoms. The highest BCUT2D eigenvalue weighted by Crippen LogP contribution is 2.29. The van der Waals surface area contributed by atoms with Crippen molar-refractivity contribution in [2.45, 2.75) is 53.2 Å². The zero-order valence-electron chi connectivity index (χ0n) is 14.9. The number of benzene rings is 1. The average Bonchev–Trinajstić information content (AvgIpc) is 2.55. The minimum atomic E-state index is -1.17. The lowest BCUT2D eigenvalue weighted by atomic mass is 9.87. The van der Waals surface area contributed by atoms with Gasteiger partial charge in [0.15, 0.2) is 0 Å². The van der Waals surface area contributed by atoms with Crippen molar-refractivity contribution in [2.24, 2.45) is 5.41 Å². The molecule has 1 fully saturated rings. The fraction of sp³-hybridized carbons (Fsp3) is 0.500. The zero-order valence-corrected chi connectivity index (χ0v) is 14.9. The standard InChI is InChI=1S/C16H20N2O4.C2H6/c1-16(2,3)15-17-12(19)9-11(14(21)22)18(15)13(20)10-7-5-4-6-8-10;1-2/h4-8,11,15H,9H2,1-3H3,(H,17,19)(H,21,22);1-2H3. The molecule has 0 spiro atoms. The van der Waals surface area contributed by atoms with E-state index in [1.807, 2.05) is 34.6 Å². The minimum Gasteiger partial charge on any atom is -0.480 e. The molecule has 1 aromatic rings. The van der Waals surface area contributed by atoms with Crippen LogP contribution in [0.2, 0.25) is 0 Å². The molecule has 24 heavy (non-hydrogen) atoms. The van der Waals surface area contributed by atoms with Crippen LogP contribution in [0, 0.1) is 5.41 Å². The number of carboxylic acid groups (broad SMARTS) is 1. The van der Waals surface area contributed by atoms with Crippen molar-refractivity contribution in [3.05, 3.63) is 35.9 Å². The molecule has 1 saturated heterocycles. The highest BCUT2D eigenvalue weighted by Gasteiger charge is 2.46. The van der Waals surface area contributed by atoms with Gasteiger partial charge >= 0.3 is 5.97 Å². The van der Waals surface area contributed by atoms with E-state index in [9.17, 15) is 19.5 Å². The molecular weight excluding hydrogens is 308 g/mol. The van der Waals surface area contributed by atoms with Gasteiger partial charge in [0.1, 0.15) is 12.2 Å². The molecular formula is C18H26N2O4. The molecule has 1 aliphatic heterocycles. The van der Waals surface area contributed by atoms with Crippen LogP contribution in [0.25, 0.3) is 0 Å². The maximum atomic E-state index is 12.8. The van der Waals surface area contributed by atoms with Crippen molar-refractivity contribution in [1.82, 2.24) is 10.2 Å². The van der Waals surface area contributed by atoms with Crippen LogP contribution in [0.1, 0.15) is 51.4 Å². The zero-order chi connectivity index (χ0) is 18.5. The van der Waals surface area contributed by atoms with E-state index in [2.05, 4.69) is 5.32 Å². The van der Waals surface area contributed by atoms with Gasteiger partial charge in [-0.25, -0.2) is 4.79 Å². The first-order chi connectivity index (χ1) is 11.2. The van der Waals surface area contributed by atoms with E-state index in [1.165, 1.54) is 4.90 Å². The fourth-order valence-electron chi connectivity index (χ4n) is 2.56. The van der Waals surface area contributed by atoms with Crippen molar-refractivity contribution in [1.29, 1.82) is 0 Å². The summed E-state index contributed by atoms with van der Waals surface area (Å²) in [4.78, 5) is 37.4. The first-order valence-corrected chi connectivity index (χ1v) is 8.11. The Labute approximate surface area is 142 Å². The second kappa shape index (κ2) is 7.95. The Kier molecular flexibility index (Phi) is 6.51. The Morgan fingerprint density at radius 1 is 1.17 bits per heavy atom. The van der Waals surface area contributed by atoms with Crippen LogP contribution in [-0.4, -0.2) is 40.0 Å². The Balaban J connectivity index is 0.00000139. The summed E-state index contributed by atoms with van der Waals surface area (Å²) in [6.07, 6.45) is -0.914. The summed E-state index contributed by atoms with van der Waals surface area (Å²) in [5.74, 6) is -1.93. The first kappa shape index (κ1) is 19.7. The van der Waals surface area contributed by atoms with E-state index in [0.29, 0.717) is 5.56 Å². The quantitative estimate of drug-likeness (QED) is 0.870. The van der Waals surface area contributed by atoms with Gasteiger partial charge < -0.3 is 15.3 Å². The van der Waals surface area contributed by atoms with Crippen LogP contribution in [-0.2, 0) is 9.59 Å². The van der Waals surface area contributed by atoms with Gasteiger partial charge in [0.05, 0.1) is 6.42 Å². The largest absolute Gasteiger partial charge is 0.480 e. The summed E-state index contributed by atoms with van der Waals surface area (Å²) in [7, 11) is 0. The van der Waals surface area contributed by atoms with Gasteiger partial charge in [0.25, 0.3) is 5.91 Å². The number of nitrogens with one attached hydrogen (secondary N) is 1. The second-order valence-electron chi connectivity index (χ2n) is 6.47. The molecule has 1 aromatic carbocycles. The first-order valence-electron chi connectivity index (χ1n) is 8.11. The summed E-state index contributed by atoms with van der Waals surface area (Å²) < 4.78 is 0. The van der Waals surface area contributed by atoms with Crippen LogP contribution in [0.4, 0.5) is 0 Å². The van der Waals surface area contributed by atoms with E-state index in [-0.39, 0.29) is 12.3 Å². The molecule has 2 atom stereocenters. The normalized spacial score (nSPS) is 20.5. The van der Waals surface area contributed by atoms with Crippen molar-refractivity contribution >= 4 is 17.8 Å². The monoisotopic (exact) mass is 334 g/mol. The third-order valence-corrected chi connectivity index (χ3v) is 3.65. The number of aliphatic carboxylic acids is 1. The van der Waals surface area contributed by atoms with Gasteiger partial charge in [0, 0.05) is 11.0 Å². The van der Waals surface area contributed by atoms with Crippen LogP contribution < -0.4 is 5.32 Å². The van der Waals surface area contributed by atoms with Gasteiger partial charge in [-0.3, -0.25) is 9.59 Å². The maximum Gasteiger partial charge on any atom is 0.327 e. The summed E-state index contributed by atoms with van der Waals surface area (Å²) in [5.41, 5.74) is -0.0899. The number of carbonyl (C=O) groups excluding carboxylic acids is 2. The lowest BCUT2D eigenvalue weighted by Crippen LogP contribution is -2.66. The van der Waals surface area contributed by atoms with Gasteiger partial charge in [-0.1, -0.05) is 52.8 Å². The van der Waals surface area contributed by atoms with Crippen LogP contribution in [0.15, 0.2) is 30.3 Å². The SMILES string of the molecule is CC.CC(C)(C)C1NC(=O)CC(C(=O)O)N1C(=O)c1ccccc1. The molecule has 1 heterocycles. The Bertz CT molecular complexity index is 593. The van der Waals surface area contributed by atoms with Crippen LogP contribution in [0.3, 0.4) is 0 Å². The highest BCUT2D eigenvalue weighted by molar-refractivity contribution is 5.99. The molecule has 132 valence electrons. The Morgan fingerprint density at radius 3 is 2.17 bits per heavy atom. The smallest absolute Gasteiger partial charge is 0.327 e. The van der Waals surface area contributed by atoms with Gasteiger partial charge in [-0.15, -0.1) is 0 Å². The molecule has 0 radical (unpaired) electrons. The maximum absolute atomic E-state index is 12.8. The molecule has 2 rings (SSSR count). The third-order valence-electron chi connectivity index (χ3n) is 3.65. The number of hydrogen-bond donors (Lipinski definition) is 2. The second-order valence-corrected chi connectivity index (χ2v) is 6.47. The van der Waals surface area contributed by atoms with Crippen molar-refractivity contribution in [3.63, 3.8) is 0 Å². The number of nitrogens with zero attached hydrogens (tertiary/aromatic N) is 1. The average molecular weight is 334 g/mol. The number of carbonyl (C=O) groups is 3. The van der Waals surface area contributed by atoms with Crippen molar-refractivity contribution in [2.75, 3.05) is 0 Å². The van der Waals surface area contributed by atoms with Crippen molar-refractivity contribution < 1.29 is 19.5 Å². The molecule has 0 bridgehead atoms. The summed E-state index contributed by atoms with van der Waals surface area (Å²) >= 11 is 0. The van der Waals surface area contributed by atoms with Crippen molar-refractivity contribution in [3.8, 4) is 0 Å². The van der Waals surface area contributed by atoms with E-state index < -0.39 is 29.5 Å². The highest BCUT2D eigenvalue weighted by atomic mass is 16.4. The van der Waals surface area contributed by atoms with E-state index in [1.54, 1.807) is 30.3 Å². The molecule has 0 saturated carbocycles. The molecule has 2 N–H and O–H groups in total. The topological polar surface area (TPSA) is 86.7 Å². The molecule has 0 aliphatic carbocycles.